The van der Waals surface area contributed by atoms with Crippen molar-refractivity contribution in [2.24, 2.45) is 5.10 Å². The number of nitrogens with zero attached hydrogens (tertiary/aromatic N) is 1. The quantitative estimate of drug-likeness (QED) is 0.509. The van der Waals surface area contributed by atoms with Crippen LogP contribution in [0, 0.1) is 0 Å². The van der Waals surface area contributed by atoms with Crippen molar-refractivity contribution < 1.29 is 0 Å². The zero-order chi connectivity index (χ0) is 15.9. The van der Waals surface area contributed by atoms with Crippen LogP contribution in [0.15, 0.2) is 63.7 Å². The molecule has 0 aromatic heterocycles. The van der Waals surface area contributed by atoms with Crippen LogP contribution in [0.3, 0.4) is 0 Å². The van der Waals surface area contributed by atoms with Gasteiger partial charge in [0.05, 0.1) is 11.9 Å². The smallest absolute Gasteiger partial charge is 0.0562 e. The molecule has 0 amide bonds. The van der Waals surface area contributed by atoms with Crippen LogP contribution in [0.2, 0.25) is 0 Å². The third-order valence-corrected chi connectivity index (χ3v) is 3.83. The lowest BCUT2D eigenvalue weighted by atomic mass is 10.0. The fraction of sp³-hybridized carbons (Fsp3) is 0.211. The number of halogens is 1. The summed E-state index contributed by atoms with van der Waals surface area (Å²) in [5.41, 5.74) is 7.64. The number of rotatable bonds is 5. The van der Waals surface area contributed by atoms with E-state index in [1.165, 1.54) is 11.1 Å². The number of allylic oxidation sites excluding steroid dienone is 1. The van der Waals surface area contributed by atoms with E-state index in [0.717, 1.165) is 15.7 Å². The van der Waals surface area contributed by atoms with Gasteiger partial charge in [-0.1, -0.05) is 60.1 Å². The largest absolute Gasteiger partial charge is 0.279 e. The summed E-state index contributed by atoms with van der Waals surface area (Å²) in [6.07, 6.45) is 3.95. The van der Waals surface area contributed by atoms with Crippen molar-refractivity contribution in [3.05, 3.63) is 69.7 Å². The number of nitrogens with one attached hydrogen (secondary N) is 1. The van der Waals surface area contributed by atoms with Crippen LogP contribution >= 0.6 is 15.9 Å². The summed E-state index contributed by atoms with van der Waals surface area (Å²) in [6, 6.07) is 16.6. The first kappa shape index (κ1) is 16.5. The molecule has 2 aromatic rings. The van der Waals surface area contributed by atoms with Crippen molar-refractivity contribution in [3.8, 4) is 0 Å². The third kappa shape index (κ3) is 5.15. The predicted molar refractivity (Wildman–Crippen MR) is 100 cm³/mol. The van der Waals surface area contributed by atoms with E-state index in [1.54, 1.807) is 0 Å². The van der Waals surface area contributed by atoms with Crippen LogP contribution in [0.5, 0.6) is 0 Å². The summed E-state index contributed by atoms with van der Waals surface area (Å²) in [4.78, 5) is 0. The topological polar surface area (TPSA) is 24.4 Å². The van der Waals surface area contributed by atoms with Gasteiger partial charge in [-0.3, -0.25) is 5.43 Å². The first-order chi connectivity index (χ1) is 10.5. The van der Waals surface area contributed by atoms with Crippen LogP contribution in [-0.4, -0.2) is 6.21 Å². The monoisotopic (exact) mass is 356 g/mol. The number of benzene rings is 2. The third-order valence-electron chi connectivity index (χ3n) is 3.30. The van der Waals surface area contributed by atoms with Gasteiger partial charge in [0.15, 0.2) is 0 Å². The molecule has 0 bridgehead atoms. The highest BCUT2D eigenvalue weighted by atomic mass is 79.9. The van der Waals surface area contributed by atoms with Gasteiger partial charge in [0.2, 0.25) is 0 Å². The standard InChI is InChI=1S/C19H21BrN2/c1-14(2)17-6-4-16(5-7-17)12-15(3)13-21-22-19-10-8-18(20)9-11-19/h4-14,22H,1-3H3. The lowest BCUT2D eigenvalue weighted by molar-refractivity contribution is 0.866. The summed E-state index contributed by atoms with van der Waals surface area (Å²) in [6.45, 7) is 6.45. The fourth-order valence-electron chi connectivity index (χ4n) is 2.01. The molecule has 0 saturated heterocycles. The van der Waals surface area contributed by atoms with Crippen LogP contribution in [0.25, 0.3) is 6.08 Å². The molecule has 0 aliphatic rings. The highest BCUT2D eigenvalue weighted by Gasteiger charge is 1.97. The van der Waals surface area contributed by atoms with Crippen molar-refractivity contribution in [2.45, 2.75) is 26.7 Å². The molecule has 0 aliphatic carbocycles. The van der Waals surface area contributed by atoms with Crippen molar-refractivity contribution in [3.63, 3.8) is 0 Å². The Balaban J connectivity index is 1.96. The van der Waals surface area contributed by atoms with Gasteiger partial charge >= 0.3 is 0 Å². The van der Waals surface area contributed by atoms with Gasteiger partial charge in [-0.2, -0.15) is 5.10 Å². The molecular weight excluding hydrogens is 336 g/mol. The van der Waals surface area contributed by atoms with E-state index in [0.29, 0.717) is 5.92 Å². The molecular formula is C19H21BrN2. The number of hydrogen-bond acceptors (Lipinski definition) is 2. The van der Waals surface area contributed by atoms with E-state index in [9.17, 15) is 0 Å². The van der Waals surface area contributed by atoms with Gasteiger partial charge in [0.25, 0.3) is 0 Å². The van der Waals surface area contributed by atoms with Crippen LogP contribution < -0.4 is 5.43 Å². The Hall–Kier alpha value is -1.87. The predicted octanol–water partition coefficient (Wildman–Crippen LogP) is 6.07. The summed E-state index contributed by atoms with van der Waals surface area (Å²) < 4.78 is 1.06. The zero-order valence-electron chi connectivity index (χ0n) is 13.2. The first-order valence-electron chi connectivity index (χ1n) is 7.37. The highest BCUT2D eigenvalue weighted by molar-refractivity contribution is 9.10. The van der Waals surface area contributed by atoms with Crippen molar-refractivity contribution in [2.75, 3.05) is 5.43 Å². The summed E-state index contributed by atoms with van der Waals surface area (Å²) in [5, 5.41) is 4.25. The number of hydrazone groups is 1. The summed E-state index contributed by atoms with van der Waals surface area (Å²) >= 11 is 3.41. The van der Waals surface area contributed by atoms with E-state index >= 15 is 0 Å². The molecule has 0 unspecified atom stereocenters. The minimum Gasteiger partial charge on any atom is -0.279 e. The van der Waals surface area contributed by atoms with Gasteiger partial charge in [-0.25, -0.2) is 0 Å². The first-order valence-corrected chi connectivity index (χ1v) is 8.17. The normalized spacial score (nSPS) is 12.1. The molecule has 0 spiro atoms. The summed E-state index contributed by atoms with van der Waals surface area (Å²) in [7, 11) is 0. The Morgan fingerprint density at radius 3 is 2.27 bits per heavy atom. The second-order valence-electron chi connectivity index (χ2n) is 5.59. The maximum Gasteiger partial charge on any atom is 0.0562 e. The number of hydrogen-bond donors (Lipinski definition) is 1. The van der Waals surface area contributed by atoms with Crippen molar-refractivity contribution >= 4 is 33.9 Å². The Bertz CT molecular complexity index is 653. The maximum atomic E-state index is 4.25. The van der Waals surface area contributed by atoms with Crippen molar-refractivity contribution in [1.82, 2.24) is 0 Å². The summed E-state index contributed by atoms with van der Waals surface area (Å²) in [5.74, 6) is 0.566. The average molecular weight is 357 g/mol. The van der Waals surface area contributed by atoms with Crippen LogP contribution in [-0.2, 0) is 0 Å². The Kier molecular flexibility index (Phi) is 5.96. The van der Waals surface area contributed by atoms with E-state index in [2.05, 4.69) is 70.6 Å². The minimum absolute atomic E-state index is 0.566. The lowest BCUT2D eigenvalue weighted by Crippen LogP contribution is -1.90. The number of anilines is 1. The molecule has 22 heavy (non-hydrogen) atoms. The van der Waals surface area contributed by atoms with Crippen LogP contribution in [0.4, 0.5) is 5.69 Å². The Labute approximate surface area is 141 Å². The molecule has 0 fully saturated rings. The molecule has 1 N–H and O–H groups in total. The van der Waals surface area contributed by atoms with Crippen molar-refractivity contribution in [1.29, 1.82) is 0 Å². The molecule has 0 atom stereocenters. The van der Waals surface area contributed by atoms with Gasteiger partial charge in [0.1, 0.15) is 0 Å². The van der Waals surface area contributed by atoms with E-state index in [1.807, 2.05) is 37.4 Å². The van der Waals surface area contributed by atoms with Gasteiger partial charge in [-0.05, 0) is 53.8 Å². The molecule has 2 aromatic carbocycles. The Morgan fingerprint density at radius 2 is 1.68 bits per heavy atom. The second kappa shape index (κ2) is 7.95. The van der Waals surface area contributed by atoms with E-state index in [-0.39, 0.29) is 0 Å². The molecule has 2 rings (SSSR count). The average Bonchev–Trinajstić information content (AvgIpc) is 2.50. The molecule has 114 valence electrons. The molecule has 0 aliphatic heterocycles. The maximum absolute atomic E-state index is 4.25. The van der Waals surface area contributed by atoms with Crippen LogP contribution in [0.1, 0.15) is 37.8 Å². The fourth-order valence-corrected chi connectivity index (χ4v) is 2.27. The van der Waals surface area contributed by atoms with Gasteiger partial charge in [-0.15, -0.1) is 0 Å². The molecule has 0 saturated carbocycles. The molecule has 0 heterocycles. The second-order valence-corrected chi connectivity index (χ2v) is 6.50. The van der Waals surface area contributed by atoms with Gasteiger partial charge in [0, 0.05) is 4.47 Å². The van der Waals surface area contributed by atoms with E-state index < -0.39 is 0 Å². The van der Waals surface area contributed by atoms with E-state index in [4.69, 9.17) is 0 Å². The highest BCUT2D eigenvalue weighted by Crippen LogP contribution is 2.16. The molecule has 3 heteroatoms. The SMILES string of the molecule is CC(C=NNc1ccc(Br)cc1)=Cc1ccc(C(C)C)cc1. The zero-order valence-corrected chi connectivity index (χ0v) is 14.8. The molecule has 2 nitrogen and oxygen atoms in total. The Morgan fingerprint density at radius 1 is 1.05 bits per heavy atom. The lowest BCUT2D eigenvalue weighted by Gasteiger charge is -2.05. The van der Waals surface area contributed by atoms with Gasteiger partial charge < -0.3 is 0 Å². The minimum atomic E-state index is 0.566. The molecule has 0 radical (unpaired) electrons.